The molecule has 0 radical (unpaired) electrons. The van der Waals surface area contributed by atoms with Gasteiger partial charge in [0.15, 0.2) is 0 Å². The maximum absolute atomic E-state index is 10.3. The van der Waals surface area contributed by atoms with Crippen molar-refractivity contribution >= 4 is 5.97 Å². The Morgan fingerprint density at radius 3 is 2.70 bits per heavy atom. The second-order valence-electron chi connectivity index (χ2n) is 2.83. The number of carboxylic acids is 1. The van der Waals surface area contributed by atoms with Crippen LogP contribution in [0.15, 0.2) is 0 Å². The van der Waals surface area contributed by atoms with Crippen molar-refractivity contribution in [3.8, 4) is 0 Å². The molecular formula is C7H13NO2. The monoisotopic (exact) mass is 143 g/mol. The molecule has 1 aliphatic rings. The largest absolute Gasteiger partial charge is 0.481 e. The first-order chi connectivity index (χ1) is 4.74. The van der Waals surface area contributed by atoms with E-state index in [4.69, 9.17) is 5.11 Å². The van der Waals surface area contributed by atoms with Crippen molar-refractivity contribution in [1.29, 1.82) is 0 Å². The zero-order valence-electron chi connectivity index (χ0n) is 6.13. The van der Waals surface area contributed by atoms with Crippen LogP contribution in [0.1, 0.15) is 19.3 Å². The van der Waals surface area contributed by atoms with Crippen LogP contribution in [0.5, 0.6) is 0 Å². The van der Waals surface area contributed by atoms with Crippen molar-refractivity contribution in [3.63, 3.8) is 0 Å². The van der Waals surface area contributed by atoms with Crippen LogP contribution in [-0.2, 0) is 4.79 Å². The fourth-order valence-corrected chi connectivity index (χ4v) is 1.19. The van der Waals surface area contributed by atoms with Gasteiger partial charge in [0.1, 0.15) is 0 Å². The predicted octanol–water partition coefficient (Wildman–Crippen LogP) is 0.459. The molecule has 0 aromatic rings. The molecule has 0 saturated heterocycles. The average Bonchev–Trinajstić information content (AvgIpc) is 2.63. The summed E-state index contributed by atoms with van der Waals surface area (Å²) in [6.45, 7) is 0. The van der Waals surface area contributed by atoms with Gasteiger partial charge in [-0.3, -0.25) is 4.79 Å². The van der Waals surface area contributed by atoms with Crippen LogP contribution in [0.4, 0.5) is 0 Å². The van der Waals surface area contributed by atoms with Crippen LogP contribution in [0.3, 0.4) is 0 Å². The zero-order chi connectivity index (χ0) is 7.56. The van der Waals surface area contributed by atoms with Gasteiger partial charge < -0.3 is 10.4 Å². The van der Waals surface area contributed by atoms with Gasteiger partial charge in [-0.2, -0.15) is 0 Å². The Balaban J connectivity index is 2.25. The van der Waals surface area contributed by atoms with E-state index >= 15 is 0 Å². The smallest absolute Gasteiger partial charge is 0.304 e. The molecule has 1 aliphatic carbocycles. The fourth-order valence-electron chi connectivity index (χ4n) is 1.19. The van der Waals surface area contributed by atoms with E-state index in [0.717, 1.165) is 0 Å². The van der Waals surface area contributed by atoms with E-state index in [9.17, 15) is 4.79 Å². The van der Waals surface area contributed by atoms with Crippen molar-refractivity contribution in [1.82, 2.24) is 5.32 Å². The number of rotatable bonds is 4. The third-order valence-corrected chi connectivity index (χ3v) is 1.96. The lowest BCUT2D eigenvalue weighted by molar-refractivity contribution is -0.137. The lowest BCUT2D eigenvalue weighted by Gasteiger charge is -2.10. The molecule has 3 nitrogen and oxygen atoms in total. The first kappa shape index (κ1) is 7.54. The maximum Gasteiger partial charge on any atom is 0.304 e. The van der Waals surface area contributed by atoms with Gasteiger partial charge in [-0.1, -0.05) is 0 Å². The van der Waals surface area contributed by atoms with Gasteiger partial charge in [-0.05, 0) is 25.8 Å². The molecule has 0 spiro atoms. The van der Waals surface area contributed by atoms with Gasteiger partial charge in [0, 0.05) is 6.04 Å². The van der Waals surface area contributed by atoms with Crippen molar-refractivity contribution in [2.45, 2.75) is 25.3 Å². The van der Waals surface area contributed by atoms with E-state index in [1.54, 1.807) is 0 Å². The van der Waals surface area contributed by atoms with Gasteiger partial charge >= 0.3 is 5.97 Å². The highest BCUT2D eigenvalue weighted by Crippen LogP contribution is 2.33. The van der Waals surface area contributed by atoms with Crippen LogP contribution in [-0.4, -0.2) is 24.2 Å². The number of carboxylic acid groups (broad SMARTS) is 1. The molecule has 10 heavy (non-hydrogen) atoms. The number of nitrogens with one attached hydrogen (secondary N) is 1. The minimum atomic E-state index is -0.703. The van der Waals surface area contributed by atoms with Crippen LogP contribution in [0, 0.1) is 5.92 Å². The van der Waals surface area contributed by atoms with E-state index < -0.39 is 5.97 Å². The molecule has 1 unspecified atom stereocenters. The van der Waals surface area contributed by atoms with Crippen LogP contribution >= 0.6 is 0 Å². The van der Waals surface area contributed by atoms with E-state index in [-0.39, 0.29) is 12.5 Å². The molecule has 58 valence electrons. The van der Waals surface area contributed by atoms with E-state index in [1.165, 1.54) is 12.8 Å². The summed E-state index contributed by atoms with van der Waals surface area (Å²) >= 11 is 0. The Labute approximate surface area is 60.4 Å². The number of hydrogen-bond acceptors (Lipinski definition) is 2. The third-order valence-electron chi connectivity index (χ3n) is 1.96. The highest BCUT2D eigenvalue weighted by atomic mass is 16.4. The molecule has 1 rings (SSSR count). The van der Waals surface area contributed by atoms with Gasteiger partial charge in [-0.25, -0.2) is 0 Å². The summed E-state index contributed by atoms with van der Waals surface area (Å²) in [6, 6.07) is 0.206. The Kier molecular flexibility index (Phi) is 2.27. The maximum atomic E-state index is 10.3. The summed E-state index contributed by atoms with van der Waals surface area (Å²) in [5, 5.41) is 11.5. The number of aliphatic carboxylic acids is 1. The van der Waals surface area contributed by atoms with Crippen molar-refractivity contribution in [2.24, 2.45) is 5.92 Å². The van der Waals surface area contributed by atoms with E-state index in [2.05, 4.69) is 5.32 Å². The van der Waals surface area contributed by atoms with Crippen molar-refractivity contribution in [3.05, 3.63) is 0 Å². The predicted molar refractivity (Wildman–Crippen MR) is 37.8 cm³/mol. The number of hydrogen-bond donors (Lipinski definition) is 2. The van der Waals surface area contributed by atoms with Crippen LogP contribution in [0.2, 0.25) is 0 Å². The van der Waals surface area contributed by atoms with Crippen LogP contribution in [0.25, 0.3) is 0 Å². The molecule has 1 fully saturated rings. The Morgan fingerprint density at radius 2 is 2.40 bits per heavy atom. The molecule has 1 saturated carbocycles. The summed E-state index contributed by atoms with van der Waals surface area (Å²) in [5.41, 5.74) is 0. The quantitative estimate of drug-likeness (QED) is 0.601. The highest BCUT2D eigenvalue weighted by molar-refractivity contribution is 5.67. The SMILES string of the molecule is CNC(CC(=O)O)C1CC1. The summed E-state index contributed by atoms with van der Waals surface area (Å²) in [7, 11) is 1.83. The molecule has 0 aromatic carbocycles. The molecule has 2 N–H and O–H groups in total. The molecule has 0 amide bonds. The molecule has 1 atom stereocenters. The fraction of sp³-hybridized carbons (Fsp3) is 0.857. The second-order valence-corrected chi connectivity index (χ2v) is 2.83. The molecular weight excluding hydrogens is 130 g/mol. The first-order valence-corrected chi connectivity index (χ1v) is 3.63. The summed E-state index contributed by atoms with van der Waals surface area (Å²) in [5.74, 6) is -0.0765. The first-order valence-electron chi connectivity index (χ1n) is 3.63. The lowest BCUT2D eigenvalue weighted by atomic mass is 10.1. The van der Waals surface area contributed by atoms with Crippen LogP contribution < -0.4 is 5.32 Å². The Morgan fingerprint density at radius 1 is 1.80 bits per heavy atom. The van der Waals surface area contributed by atoms with Gasteiger partial charge in [0.25, 0.3) is 0 Å². The third kappa shape index (κ3) is 1.99. The summed E-state index contributed by atoms with van der Waals surface area (Å²) < 4.78 is 0. The second kappa shape index (κ2) is 3.01. The topological polar surface area (TPSA) is 49.3 Å². The normalized spacial score (nSPS) is 20.5. The van der Waals surface area contributed by atoms with Gasteiger partial charge in [-0.15, -0.1) is 0 Å². The standard InChI is InChI=1S/C7H13NO2/c1-8-6(4-7(9)10)5-2-3-5/h5-6,8H,2-4H2,1H3,(H,9,10). The van der Waals surface area contributed by atoms with Gasteiger partial charge in [0.2, 0.25) is 0 Å². The summed E-state index contributed by atoms with van der Waals surface area (Å²) in [6.07, 6.45) is 2.65. The van der Waals surface area contributed by atoms with Gasteiger partial charge in [0.05, 0.1) is 6.42 Å². The number of carbonyl (C=O) groups is 1. The van der Waals surface area contributed by atoms with Crippen molar-refractivity contribution < 1.29 is 9.90 Å². The molecule has 0 aliphatic heterocycles. The molecule has 0 bridgehead atoms. The highest BCUT2D eigenvalue weighted by Gasteiger charge is 2.31. The Bertz CT molecular complexity index is 132. The minimum absolute atomic E-state index is 0.206. The molecule has 0 heterocycles. The van der Waals surface area contributed by atoms with Crippen molar-refractivity contribution in [2.75, 3.05) is 7.05 Å². The lowest BCUT2D eigenvalue weighted by Crippen LogP contribution is -2.29. The zero-order valence-corrected chi connectivity index (χ0v) is 6.13. The van der Waals surface area contributed by atoms with E-state index in [1.807, 2.05) is 7.05 Å². The minimum Gasteiger partial charge on any atom is -0.481 e. The Hall–Kier alpha value is -0.570. The molecule has 3 heteroatoms. The van der Waals surface area contributed by atoms with E-state index in [0.29, 0.717) is 5.92 Å². The average molecular weight is 143 g/mol. The molecule has 0 aromatic heterocycles. The summed E-state index contributed by atoms with van der Waals surface area (Å²) in [4.78, 5) is 10.3.